The van der Waals surface area contributed by atoms with E-state index in [2.05, 4.69) is 24.9 Å². The van der Waals surface area contributed by atoms with Crippen molar-refractivity contribution >= 4 is 60.8 Å². The van der Waals surface area contributed by atoms with Gasteiger partial charge in [-0.1, -0.05) is 74.5 Å². The van der Waals surface area contributed by atoms with Gasteiger partial charge in [-0.2, -0.15) is 5.26 Å². The molecule has 3 heterocycles. The third-order valence-electron chi connectivity index (χ3n) is 6.86. The summed E-state index contributed by atoms with van der Waals surface area (Å²) in [6.07, 6.45) is 0. The minimum absolute atomic E-state index is 0.120. The Morgan fingerprint density at radius 1 is 0.946 bits per heavy atom. The Morgan fingerprint density at radius 2 is 1.54 bits per heavy atom. The molecule has 3 aromatic heterocycles. The van der Waals surface area contributed by atoms with Gasteiger partial charge in [-0.15, -0.1) is 11.3 Å². The maximum Gasteiger partial charge on any atom is 0.275 e. The number of hydrogen-bond acceptors (Lipinski definition) is 6. The summed E-state index contributed by atoms with van der Waals surface area (Å²) in [5.74, 6) is 0.250. The van der Waals surface area contributed by atoms with Crippen LogP contribution in [0.1, 0.15) is 40.6 Å². The summed E-state index contributed by atoms with van der Waals surface area (Å²) in [6, 6.07) is 25.9. The molecule has 180 valence electrons. The lowest BCUT2D eigenvalue weighted by Gasteiger charge is -2.11. The highest BCUT2D eigenvalue weighted by atomic mass is 32.1. The first kappa shape index (κ1) is 22.8. The van der Waals surface area contributed by atoms with Crippen LogP contribution in [-0.2, 0) is 0 Å². The number of carbonyl (C=O) groups excluding carboxylic acids is 1. The van der Waals surface area contributed by atoms with E-state index in [9.17, 15) is 10.1 Å². The van der Waals surface area contributed by atoms with Crippen LogP contribution in [-0.4, -0.2) is 15.5 Å². The van der Waals surface area contributed by atoms with E-state index in [0.717, 1.165) is 27.4 Å². The molecular weight excluding hydrogens is 478 g/mol. The number of pyridine rings is 1. The minimum Gasteiger partial charge on any atom is -0.397 e. The van der Waals surface area contributed by atoms with Crippen LogP contribution < -0.4 is 11.5 Å². The maximum absolute atomic E-state index is 14.1. The largest absolute Gasteiger partial charge is 0.397 e. The van der Waals surface area contributed by atoms with Gasteiger partial charge in [-0.25, -0.2) is 4.98 Å². The molecule has 0 saturated heterocycles. The van der Waals surface area contributed by atoms with E-state index < -0.39 is 0 Å². The number of rotatable bonds is 3. The Labute approximate surface area is 217 Å². The molecule has 6 rings (SSSR count). The van der Waals surface area contributed by atoms with Gasteiger partial charge >= 0.3 is 0 Å². The highest BCUT2D eigenvalue weighted by Crippen LogP contribution is 2.43. The van der Waals surface area contributed by atoms with E-state index >= 15 is 0 Å². The average Bonchev–Trinajstić information content (AvgIpc) is 3.42. The van der Waals surface area contributed by atoms with E-state index in [4.69, 9.17) is 11.5 Å². The molecule has 6 aromatic rings. The molecule has 0 amide bonds. The van der Waals surface area contributed by atoms with Gasteiger partial charge in [-0.05, 0) is 29.2 Å². The summed E-state index contributed by atoms with van der Waals surface area (Å²) >= 11 is 1.20. The van der Waals surface area contributed by atoms with Crippen LogP contribution >= 0.6 is 11.3 Å². The summed E-state index contributed by atoms with van der Waals surface area (Å²) in [6.45, 7) is 4.25. The topological polar surface area (TPSA) is 111 Å². The molecule has 4 N–H and O–H groups in total. The van der Waals surface area contributed by atoms with Crippen molar-refractivity contribution in [2.24, 2.45) is 0 Å². The zero-order chi connectivity index (χ0) is 25.8. The molecule has 0 aliphatic carbocycles. The molecule has 7 heteroatoms. The van der Waals surface area contributed by atoms with Gasteiger partial charge in [0.1, 0.15) is 27.2 Å². The van der Waals surface area contributed by atoms with Crippen molar-refractivity contribution in [3.8, 4) is 17.2 Å². The smallest absolute Gasteiger partial charge is 0.275 e. The molecule has 0 fully saturated rings. The lowest BCUT2D eigenvalue weighted by molar-refractivity contribution is 0.0974. The van der Waals surface area contributed by atoms with Crippen molar-refractivity contribution in [2.75, 3.05) is 11.5 Å². The predicted molar refractivity (Wildman–Crippen MR) is 152 cm³/mol. The molecule has 0 aliphatic heterocycles. The van der Waals surface area contributed by atoms with Crippen LogP contribution in [0.4, 0.5) is 11.5 Å². The van der Waals surface area contributed by atoms with Gasteiger partial charge in [0, 0.05) is 21.7 Å². The van der Waals surface area contributed by atoms with Gasteiger partial charge in [-0.3, -0.25) is 9.36 Å². The Balaban J connectivity index is 1.62. The molecule has 3 aromatic carbocycles. The summed E-state index contributed by atoms with van der Waals surface area (Å²) in [5, 5.41) is 12.5. The molecule has 0 bridgehead atoms. The van der Waals surface area contributed by atoms with Crippen LogP contribution in [0.15, 0.2) is 72.8 Å². The molecule has 0 aliphatic rings. The maximum atomic E-state index is 14.1. The minimum atomic E-state index is -0.240. The lowest BCUT2D eigenvalue weighted by Crippen LogP contribution is -2.11. The van der Waals surface area contributed by atoms with E-state index in [1.165, 1.54) is 16.9 Å². The Bertz CT molecular complexity index is 1850. The van der Waals surface area contributed by atoms with Gasteiger partial charge in [0.2, 0.25) is 0 Å². The van der Waals surface area contributed by atoms with Crippen molar-refractivity contribution in [2.45, 2.75) is 19.8 Å². The van der Waals surface area contributed by atoms with Crippen molar-refractivity contribution in [1.29, 1.82) is 5.26 Å². The first-order chi connectivity index (χ1) is 17.9. The second kappa shape index (κ2) is 8.47. The Hall–Kier alpha value is -4.67. The fourth-order valence-electron chi connectivity index (χ4n) is 5.01. The number of para-hydroxylation sites is 2. The van der Waals surface area contributed by atoms with E-state index in [0.29, 0.717) is 32.3 Å². The molecule has 0 unspecified atom stereocenters. The van der Waals surface area contributed by atoms with E-state index in [1.807, 2.05) is 72.8 Å². The third-order valence-corrected chi connectivity index (χ3v) is 7.95. The number of nitrogens with two attached hydrogens (primary N) is 2. The molecule has 0 radical (unpaired) electrons. The van der Waals surface area contributed by atoms with Gasteiger partial charge in [0.05, 0.1) is 16.7 Å². The molecule has 0 spiro atoms. The highest BCUT2D eigenvalue weighted by molar-refractivity contribution is 7.21. The van der Waals surface area contributed by atoms with E-state index in [-0.39, 0.29) is 17.3 Å². The number of hydrogen-bond donors (Lipinski definition) is 2. The monoisotopic (exact) mass is 501 g/mol. The number of nitriles is 1. The molecule has 6 nitrogen and oxygen atoms in total. The number of carbonyl (C=O) groups is 1. The fourth-order valence-corrected chi connectivity index (χ4v) is 6.05. The number of aromatic nitrogens is 2. The SMILES string of the molecule is CC(C)c1ccc(-c2c(C#N)c(N)nc3sc(C(=O)n4c5ccccc5c5ccccc54)c(N)c23)cc1. The Kier molecular flexibility index (Phi) is 5.21. The quantitative estimate of drug-likeness (QED) is 0.273. The number of benzene rings is 3. The van der Waals surface area contributed by atoms with Crippen LogP contribution in [0.25, 0.3) is 43.1 Å². The van der Waals surface area contributed by atoms with Gasteiger partial charge < -0.3 is 11.5 Å². The van der Waals surface area contributed by atoms with Crippen LogP contribution in [0.2, 0.25) is 0 Å². The Morgan fingerprint density at radius 3 is 2.11 bits per heavy atom. The zero-order valence-corrected chi connectivity index (χ0v) is 21.1. The van der Waals surface area contributed by atoms with E-state index in [1.54, 1.807) is 4.57 Å². The van der Waals surface area contributed by atoms with Crippen molar-refractivity contribution < 1.29 is 4.79 Å². The molecule has 0 atom stereocenters. The summed E-state index contributed by atoms with van der Waals surface area (Å²) in [7, 11) is 0. The fraction of sp³-hybridized carbons (Fsp3) is 0.100. The number of thiophene rings is 1. The highest BCUT2D eigenvalue weighted by Gasteiger charge is 2.26. The third kappa shape index (κ3) is 3.38. The van der Waals surface area contributed by atoms with Crippen molar-refractivity contribution in [3.05, 3.63) is 88.8 Å². The lowest BCUT2D eigenvalue weighted by atomic mass is 9.94. The molecule has 0 saturated carbocycles. The predicted octanol–water partition coefficient (Wildman–Crippen LogP) is 6.92. The standard InChI is InChI=1S/C30H23N5OS/c1-16(2)17-11-13-18(14-12-17)24-21(15-31)28(33)34-29-25(24)26(32)27(37-29)30(36)35-22-9-5-3-7-19(22)20-8-4-6-10-23(20)35/h3-14,16H,32H2,1-2H3,(H2,33,34). The second-order valence-corrected chi connectivity index (χ2v) is 10.3. The zero-order valence-electron chi connectivity index (χ0n) is 20.3. The molecular formula is C30H23N5OS. The first-order valence-corrected chi connectivity index (χ1v) is 12.8. The van der Waals surface area contributed by atoms with Crippen LogP contribution in [0.3, 0.4) is 0 Å². The summed E-state index contributed by atoms with van der Waals surface area (Å²) in [5.41, 5.74) is 17.7. The number of anilines is 2. The average molecular weight is 502 g/mol. The van der Waals surface area contributed by atoms with Gasteiger partial charge in [0.15, 0.2) is 0 Å². The summed E-state index contributed by atoms with van der Waals surface area (Å²) in [4.78, 5) is 19.5. The number of nitrogens with zero attached hydrogens (tertiary/aromatic N) is 3. The van der Waals surface area contributed by atoms with Crippen LogP contribution in [0, 0.1) is 11.3 Å². The number of fused-ring (bicyclic) bond motifs is 4. The van der Waals surface area contributed by atoms with Gasteiger partial charge in [0.25, 0.3) is 5.91 Å². The number of nitrogen functional groups attached to an aromatic ring is 2. The first-order valence-electron chi connectivity index (χ1n) is 12.0. The summed E-state index contributed by atoms with van der Waals surface area (Å²) < 4.78 is 1.71. The molecule has 37 heavy (non-hydrogen) atoms. The van der Waals surface area contributed by atoms with Crippen molar-refractivity contribution in [3.63, 3.8) is 0 Å². The second-order valence-electron chi connectivity index (χ2n) is 9.34. The normalized spacial score (nSPS) is 11.5. The van der Waals surface area contributed by atoms with Crippen molar-refractivity contribution in [1.82, 2.24) is 9.55 Å². The van der Waals surface area contributed by atoms with Crippen LogP contribution in [0.5, 0.6) is 0 Å².